The molecule has 0 amide bonds. The van der Waals surface area contributed by atoms with Gasteiger partial charge in [0.15, 0.2) is 5.96 Å². The van der Waals surface area contributed by atoms with Crippen LogP contribution in [0.25, 0.3) is 0 Å². The monoisotopic (exact) mass is 313 g/mol. The van der Waals surface area contributed by atoms with E-state index in [0.29, 0.717) is 18.7 Å². The molecule has 5 nitrogen and oxygen atoms in total. The highest BCUT2D eigenvalue weighted by Crippen LogP contribution is 2.10. The van der Waals surface area contributed by atoms with E-state index in [-0.39, 0.29) is 0 Å². The molecular formula is C16H19N5S. The number of nitriles is 1. The molecule has 0 saturated heterocycles. The van der Waals surface area contributed by atoms with Crippen molar-refractivity contribution < 1.29 is 0 Å². The van der Waals surface area contributed by atoms with Gasteiger partial charge in [-0.3, -0.25) is 4.99 Å². The lowest BCUT2D eigenvalue weighted by molar-refractivity contribution is 0.470. The number of aryl methyl sites for hydroxylation is 1. The molecule has 0 spiro atoms. The van der Waals surface area contributed by atoms with Crippen LogP contribution in [0.5, 0.6) is 0 Å². The molecule has 6 heteroatoms. The first-order valence-electron chi connectivity index (χ1n) is 6.94. The SMILES string of the molecule is CN=C(NCc1cccc(C#N)c1)N(C)Cc1csc(C)n1. The number of hydrogen-bond acceptors (Lipinski definition) is 4. The summed E-state index contributed by atoms with van der Waals surface area (Å²) in [4.78, 5) is 10.8. The molecule has 2 aromatic rings. The van der Waals surface area contributed by atoms with E-state index in [1.54, 1.807) is 24.5 Å². The van der Waals surface area contributed by atoms with E-state index in [1.165, 1.54) is 0 Å². The Bertz CT molecular complexity index is 699. The number of nitrogens with one attached hydrogen (secondary N) is 1. The summed E-state index contributed by atoms with van der Waals surface area (Å²) in [7, 11) is 3.74. The van der Waals surface area contributed by atoms with Crippen molar-refractivity contribution in [1.29, 1.82) is 5.26 Å². The number of rotatable bonds is 4. The molecule has 1 aromatic carbocycles. The van der Waals surface area contributed by atoms with Crippen molar-refractivity contribution in [1.82, 2.24) is 15.2 Å². The van der Waals surface area contributed by atoms with Gasteiger partial charge in [-0.15, -0.1) is 11.3 Å². The van der Waals surface area contributed by atoms with Crippen molar-refractivity contribution in [3.63, 3.8) is 0 Å². The molecule has 0 atom stereocenters. The van der Waals surface area contributed by atoms with Crippen LogP contribution >= 0.6 is 11.3 Å². The maximum Gasteiger partial charge on any atom is 0.194 e. The third kappa shape index (κ3) is 4.30. The molecule has 0 aliphatic carbocycles. The molecule has 2 rings (SSSR count). The minimum atomic E-state index is 0.628. The first-order chi connectivity index (χ1) is 10.6. The summed E-state index contributed by atoms with van der Waals surface area (Å²) in [6, 6.07) is 9.71. The molecular weight excluding hydrogens is 294 g/mol. The Kier molecular flexibility index (Phi) is 5.50. The second-order valence-electron chi connectivity index (χ2n) is 4.93. The summed E-state index contributed by atoms with van der Waals surface area (Å²) in [5, 5.41) is 15.4. The van der Waals surface area contributed by atoms with Crippen molar-refractivity contribution in [2.24, 2.45) is 4.99 Å². The van der Waals surface area contributed by atoms with Crippen LogP contribution in [0.1, 0.15) is 21.8 Å². The van der Waals surface area contributed by atoms with Gasteiger partial charge in [-0.2, -0.15) is 5.26 Å². The Balaban J connectivity index is 1.95. The zero-order chi connectivity index (χ0) is 15.9. The van der Waals surface area contributed by atoms with Crippen molar-refractivity contribution in [2.75, 3.05) is 14.1 Å². The Hall–Kier alpha value is -2.39. The van der Waals surface area contributed by atoms with Gasteiger partial charge in [-0.25, -0.2) is 4.98 Å². The van der Waals surface area contributed by atoms with Crippen LogP contribution in [0.3, 0.4) is 0 Å². The number of aromatic nitrogens is 1. The van der Waals surface area contributed by atoms with Gasteiger partial charge in [0.1, 0.15) is 0 Å². The maximum atomic E-state index is 8.93. The molecule has 22 heavy (non-hydrogen) atoms. The molecule has 0 radical (unpaired) electrons. The second kappa shape index (κ2) is 7.57. The van der Waals surface area contributed by atoms with Crippen LogP contribution in [-0.2, 0) is 13.1 Å². The van der Waals surface area contributed by atoms with Gasteiger partial charge in [0, 0.05) is 26.0 Å². The topological polar surface area (TPSA) is 64.3 Å². The average molecular weight is 313 g/mol. The highest BCUT2D eigenvalue weighted by Gasteiger charge is 2.08. The average Bonchev–Trinajstić information content (AvgIpc) is 2.93. The predicted octanol–water partition coefficient (Wildman–Crippen LogP) is 2.53. The quantitative estimate of drug-likeness (QED) is 0.696. The van der Waals surface area contributed by atoms with Crippen LogP contribution in [0, 0.1) is 18.3 Å². The molecule has 1 N–H and O–H groups in total. The van der Waals surface area contributed by atoms with Crippen LogP contribution in [0.15, 0.2) is 34.6 Å². The standard InChI is InChI=1S/C16H19N5S/c1-12-20-15(11-22-12)10-21(3)16(18-2)19-9-14-6-4-5-13(7-14)8-17/h4-7,11H,9-10H2,1-3H3,(H,18,19). The van der Waals surface area contributed by atoms with Gasteiger partial charge in [0.25, 0.3) is 0 Å². The number of benzene rings is 1. The third-order valence-electron chi connectivity index (χ3n) is 3.15. The van der Waals surface area contributed by atoms with Crippen LogP contribution in [0.2, 0.25) is 0 Å². The summed E-state index contributed by atoms with van der Waals surface area (Å²) in [6.07, 6.45) is 0. The van der Waals surface area contributed by atoms with Crippen LogP contribution in [-0.4, -0.2) is 29.9 Å². The Labute approximate surface area is 135 Å². The van der Waals surface area contributed by atoms with Crippen molar-refractivity contribution in [3.8, 4) is 6.07 Å². The van der Waals surface area contributed by atoms with Crippen molar-refractivity contribution in [2.45, 2.75) is 20.0 Å². The fourth-order valence-corrected chi connectivity index (χ4v) is 2.72. The van der Waals surface area contributed by atoms with E-state index in [9.17, 15) is 0 Å². The highest BCUT2D eigenvalue weighted by molar-refractivity contribution is 7.09. The molecule has 114 valence electrons. The first-order valence-corrected chi connectivity index (χ1v) is 7.82. The lowest BCUT2D eigenvalue weighted by atomic mass is 10.1. The van der Waals surface area contributed by atoms with E-state index in [1.807, 2.05) is 37.1 Å². The number of guanidine groups is 1. The fourth-order valence-electron chi connectivity index (χ4n) is 2.12. The summed E-state index contributed by atoms with van der Waals surface area (Å²) < 4.78 is 0. The second-order valence-corrected chi connectivity index (χ2v) is 5.99. The molecule has 1 heterocycles. The number of nitrogens with zero attached hydrogens (tertiary/aromatic N) is 4. The van der Waals surface area contributed by atoms with Crippen molar-refractivity contribution in [3.05, 3.63) is 51.5 Å². The molecule has 0 bridgehead atoms. The number of aliphatic imine (C=N–C) groups is 1. The lowest BCUT2D eigenvalue weighted by Crippen LogP contribution is -2.38. The molecule has 0 unspecified atom stereocenters. The summed E-state index contributed by atoms with van der Waals surface area (Å²) in [5.41, 5.74) is 2.76. The molecule has 0 fully saturated rings. The minimum Gasteiger partial charge on any atom is -0.352 e. The van der Waals surface area contributed by atoms with Gasteiger partial charge in [-0.1, -0.05) is 12.1 Å². The van der Waals surface area contributed by atoms with Crippen LogP contribution < -0.4 is 5.32 Å². The summed E-state index contributed by atoms with van der Waals surface area (Å²) in [6.45, 7) is 3.34. The summed E-state index contributed by atoms with van der Waals surface area (Å²) >= 11 is 1.65. The number of thiazole rings is 1. The predicted molar refractivity (Wildman–Crippen MR) is 89.7 cm³/mol. The molecule has 0 aliphatic heterocycles. The molecule has 0 saturated carbocycles. The Morgan fingerprint density at radius 2 is 2.32 bits per heavy atom. The van der Waals surface area contributed by atoms with E-state index in [0.717, 1.165) is 22.2 Å². The zero-order valence-electron chi connectivity index (χ0n) is 13.0. The van der Waals surface area contributed by atoms with Gasteiger partial charge >= 0.3 is 0 Å². The van der Waals surface area contributed by atoms with Gasteiger partial charge in [0.2, 0.25) is 0 Å². The zero-order valence-corrected chi connectivity index (χ0v) is 13.8. The van der Waals surface area contributed by atoms with E-state index in [4.69, 9.17) is 5.26 Å². The Morgan fingerprint density at radius 3 is 2.95 bits per heavy atom. The normalized spacial score (nSPS) is 11.1. The Morgan fingerprint density at radius 1 is 1.50 bits per heavy atom. The van der Waals surface area contributed by atoms with Crippen LogP contribution in [0.4, 0.5) is 0 Å². The largest absolute Gasteiger partial charge is 0.352 e. The highest BCUT2D eigenvalue weighted by atomic mass is 32.1. The number of hydrogen-bond donors (Lipinski definition) is 1. The minimum absolute atomic E-state index is 0.628. The van der Waals surface area contributed by atoms with Gasteiger partial charge in [-0.05, 0) is 24.6 Å². The maximum absolute atomic E-state index is 8.93. The first kappa shape index (κ1) is 16.0. The smallest absolute Gasteiger partial charge is 0.194 e. The van der Waals surface area contributed by atoms with E-state index < -0.39 is 0 Å². The van der Waals surface area contributed by atoms with Gasteiger partial charge in [0.05, 0.1) is 28.9 Å². The summed E-state index contributed by atoms with van der Waals surface area (Å²) in [5.74, 6) is 0.799. The molecule has 0 aliphatic rings. The van der Waals surface area contributed by atoms with Gasteiger partial charge < -0.3 is 10.2 Å². The third-order valence-corrected chi connectivity index (χ3v) is 3.97. The molecule has 1 aromatic heterocycles. The van der Waals surface area contributed by atoms with E-state index >= 15 is 0 Å². The van der Waals surface area contributed by atoms with E-state index in [2.05, 4.69) is 26.7 Å². The van der Waals surface area contributed by atoms with Crippen molar-refractivity contribution >= 4 is 17.3 Å². The lowest BCUT2D eigenvalue weighted by Gasteiger charge is -2.21. The fraction of sp³-hybridized carbons (Fsp3) is 0.312.